The number of halogens is 1. The van der Waals surface area contributed by atoms with Crippen molar-refractivity contribution in [3.05, 3.63) is 53.7 Å². The molecule has 0 spiro atoms. The van der Waals surface area contributed by atoms with Gasteiger partial charge >= 0.3 is 0 Å². The van der Waals surface area contributed by atoms with Crippen LogP contribution in [0.4, 0.5) is 10.1 Å². The van der Waals surface area contributed by atoms with Gasteiger partial charge in [0, 0.05) is 7.05 Å². The Morgan fingerprint density at radius 3 is 2.78 bits per heavy atom. The lowest BCUT2D eigenvalue weighted by molar-refractivity contribution is 0.507. The summed E-state index contributed by atoms with van der Waals surface area (Å²) < 4.78 is 19.0. The summed E-state index contributed by atoms with van der Waals surface area (Å²) in [7, 11) is 1.83. The molecule has 0 unspecified atom stereocenters. The molecule has 2 N–H and O–H groups in total. The van der Waals surface area contributed by atoms with E-state index in [0.29, 0.717) is 12.2 Å². The molecule has 1 aromatic carbocycles. The second-order valence-electron chi connectivity index (χ2n) is 3.93. The highest BCUT2D eigenvalue weighted by Gasteiger charge is 2.15. The maximum absolute atomic E-state index is 13.7. The first-order valence-electron chi connectivity index (χ1n) is 5.41. The maximum Gasteiger partial charge on any atom is 0.135 e. The van der Waals surface area contributed by atoms with E-state index in [1.807, 2.05) is 24.1 Å². The number of hydrogen-bond acceptors (Lipinski definition) is 3. The third-order valence-electron chi connectivity index (χ3n) is 2.62. The van der Waals surface area contributed by atoms with Gasteiger partial charge in [-0.25, -0.2) is 4.39 Å². The molecule has 1 aromatic heterocycles. The quantitative estimate of drug-likeness (QED) is 0.862. The zero-order chi connectivity index (χ0) is 13.1. The monoisotopic (exact) mass is 264 g/mol. The van der Waals surface area contributed by atoms with Crippen molar-refractivity contribution in [3.63, 3.8) is 0 Å². The van der Waals surface area contributed by atoms with Crippen molar-refractivity contribution in [1.82, 2.24) is 0 Å². The van der Waals surface area contributed by atoms with Crippen LogP contribution in [-0.2, 0) is 6.54 Å². The molecule has 0 amide bonds. The summed E-state index contributed by atoms with van der Waals surface area (Å²) >= 11 is 4.89. The first-order valence-corrected chi connectivity index (χ1v) is 5.82. The SMILES string of the molecule is CN(Cc1ccco1)c1cccc(F)c1C(N)=S. The zero-order valence-electron chi connectivity index (χ0n) is 9.89. The van der Waals surface area contributed by atoms with Gasteiger partial charge in [0.05, 0.1) is 24.1 Å². The molecule has 94 valence electrons. The lowest BCUT2D eigenvalue weighted by Gasteiger charge is -2.21. The van der Waals surface area contributed by atoms with Gasteiger partial charge in [0.25, 0.3) is 0 Å². The van der Waals surface area contributed by atoms with E-state index in [1.54, 1.807) is 18.4 Å². The number of furan rings is 1. The molecule has 1 heterocycles. The van der Waals surface area contributed by atoms with E-state index in [-0.39, 0.29) is 10.6 Å². The van der Waals surface area contributed by atoms with Gasteiger partial charge in [-0.3, -0.25) is 0 Å². The van der Waals surface area contributed by atoms with Crippen molar-refractivity contribution in [3.8, 4) is 0 Å². The minimum Gasteiger partial charge on any atom is -0.467 e. The van der Waals surface area contributed by atoms with Gasteiger partial charge in [-0.15, -0.1) is 0 Å². The Hall–Kier alpha value is -1.88. The van der Waals surface area contributed by atoms with Crippen LogP contribution in [0.15, 0.2) is 41.0 Å². The van der Waals surface area contributed by atoms with Gasteiger partial charge < -0.3 is 15.1 Å². The van der Waals surface area contributed by atoms with Crippen LogP contribution in [-0.4, -0.2) is 12.0 Å². The number of nitrogens with two attached hydrogens (primary N) is 1. The Labute approximate surface area is 110 Å². The standard InChI is InChI=1S/C13H13FN2OS/c1-16(8-9-4-3-7-17-9)11-6-2-5-10(14)12(11)13(15)18/h2-7H,8H2,1H3,(H2,15,18). The topological polar surface area (TPSA) is 42.4 Å². The Bertz CT molecular complexity index is 554. The molecular weight excluding hydrogens is 251 g/mol. The van der Waals surface area contributed by atoms with Crippen molar-refractivity contribution < 1.29 is 8.81 Å². The fourth-order valence-corrected chi connectivity index (χ4v) is 2.00. The number of anilines is 1. The van der Waals surface area contributed by atoms with Crippen molar-refractivity contribution in [2.24, 2.45) is 5.73 Å². The van der Waals surface area contributed by atoms with E-state index in [4.69, 9.17) is 22.4 Å². The van der Waals surface area contributed by atoms with Crippen molar-refractivity contribution in [2.75, 3.05) is 11.9 Å². The van der Waals surface area contributed by atoms with Gasteiger partial charge in [0.2, 0.25) is 0 Å². The zero-order valence-corrected chi connectivity index (χ0v) is 10.7. The molecule has 0 fully saturated rings. The van der Waals surface area contributed by atoms with Crippen LogP contribution in [0.1, 0.15) is 11.3 Å². The molecule has 0 atom stereocenters. The molecule has 2 aromatic rings. The van der Waals surface area contributed by atoms with Gasteiger partial charge in [-0.05, 0) is 24.3 Å². The molecular formula is C13H13FN2OS. The van der Waals surface area contributed by atoms with Gasteiger partial charge in [0.1, 0.15) is 16.6 Å². The summed E-state index contributed by atoms with van der Waals surface area (Å²) in [6.07, 6.45) is 1.60. The number of rotatable bonds is 4. The molecule has 0 saturated carbocycles. The Morgan fingerprint density at radius 2 is 2.17 bits per heavy atom. The summed E-state index contributed by atoms with van der Waals surface area (Å²) in [4.78, 5) is 1.89. The Balaban J connectivity index is 2.32. The van der Waals surface area contributed by atoms with E-state index >= 15 is 0 Å². The lowest BCUT2D eigenvalue weighted by atomic mass is 10.1. The summed E-state index contributed by atoms with van der Waals surface area (Å²) in [5.74, 6) is 0.377. The van der Waals surface area contributed by atoms with Crippen LogP contribution in [0.2, 0.25) is 0 Å². The molecule has 3 nitrogen and oxygen atoms in total. The minimum atomic E-state index is -0.411. The fraction of sp³-hybridized carbons (Fsp3) is 0.154. The molecule has 0 aliphatic carbocycles. The highest BCUT2D eigenvalue weighted by atomic mass is 32.1. The molecule has 5 heteroatoms. The van der Waals surface area contributed by atoms with E-state index < -0.39 is 5.82 Å². The molecule has 0 bridgehead atoms. The Morgan fingerprint density at radius 1 is 1.39 bits per heavy atom. The van der Waals surface area contributed by atoms with Crippen LogP contribution in [0, 0.1) is 5.82 Å². The summed E-state index contributed by atoms with van der Waals surface area (Å²) in [5.41, 5.74) is 6.49. The van der Waals surface area contributed by atoms with E-state index in [1.165, 1.54) is 6.07 Å². The van der Waals surface area contributed by atoms with Crippen molar-refractivity contribution in [2.45, 2.75) is 6.54 Å². The highest BCUT2D eigenvalue weighted by Crippen LogP contribution is 2.23. The molecule has 0 radical (unpaired) electrons. The van der Waals surface area contributed by atoms with Gasteiger partial charge in [0.15, 0.2) is 0 Å². The first-order chi connectivity index (χ1) is 8.59. The fourth-order valence-electron chi connectivity index (χ4n) is 1.80. The lowest BCUT2D eigenvalue weighted by Crippen LogP contribution is -2.22. The van der Waals surface area contributed by atoms with Crippen molar-refractivity contribution in [1.29, 1.82) is 0 Å². The van der Waals surface area contributed by atoms with E-state index in [9.17, 15) is 4.39 Å². The number of hydrogen-bond donors (Lipinski definition) is 1. The highest BCUT2D eigenvalue weighted by molar-refractivity contribution is 7.80. The normalized spacial score (nSPS) is 10.3. The van der Waals surface area contributed by atoms with Gasteiger partial charge in [-0.1, -0.05) is 18.3 Å². The first kappa shape index (κ1) is 12.6. The average Bonchev–Trinajstić information content (AvgIpc) is 2.80. The molecule has 2 rings (SSSR count). The smallest absolute Gasteiger partial charge is 0.135 e. The number of benzene rings is 1. The number of nitrogens with zero attached hydrogens (tertiary/aromatic N) is 1. The van der Waals surface area contributed by atoms with E-state index in [2.05, 4.69) is 0 Å². The summed E-state index contributed by atoms with van der Waals surface area (Å²) in [6, 6.07) is 8.42. The second kappa shape index (κ2) is 5.18. The van der Waals surface area contributed by atoms with Crippen LogP contribution >= 0.6 is 12.2 Å². The van der Waals surface area contributed by atoms with Crippen LogP contribution in [0.5, 0.6) is 0 Å². The maximum atomic E-state index is 13.7. The summed E-state index contributed by atoms with van der Waals surface area (Å²) in [5, 5.41) is 0. The Kier molecular flexibility index (Phi) is 3.62. The molecule has 0 saturated heterocycles. The number of thiocarbonyl (C=S) groups is 1. The third-order valence-corrected chi connectivity index (χ3v) is 2.83. The molecule has 0 aliphatic rings. The predicted octanol–water partition coefficient (Wildman–Crippen LogP) is 2.69. The van der Waals surface area contributed by atoms with Gasteiger partial charge in [-0.2, -0.15) is 0 Å². The predicted molar refractivity (Wildman–Crippen MR) is 73.1 cm³/mol. The van der Waals surface area contributed by atoms with Crippen LogP contribution < -0.4 is 10.6 Å². The van der Waals surface area contributed by atoms with E-state index in [0.717, 1.165) is 5.76 Å². The summed E-state index contributed by atoms with van der Waals surface area (Å²) in [6.45, 7) is 0.520. The third kappa shape index (κ3) is 2.51. The molecule has 18 heavy (non-hydrogen) atoms. The van der Waals surface area contributed by atoms with Crippen LogP contribution in [0.3, 0.4) is 0 Å². The molecule has 0 aliphatic heterocycles. The largest absolute Gasteiger partial charge is 0.467 e. The second-order valence-corrected chi connectivity index (χ2v) is 4.37. The minimum absolute atomic E-state index is 0.0504. The average molecular weight is 264 g/mol. The van der Waals surface area contributed by atoms with Crippen LogP contribution in [0.25, 0.3) is 0 Å². The van der Waals surface area contributed by atoms with Crippen molar-refractivity contribution >= 4 is 22.9 Å².